The normalized spacial score (nSPS) is 10.9. The zero-order valence-corrected chi connectivity index (χ0v) is 17.5. The summed E-state index contributed by atoms with van der Waals surface area (Å²) in [6.45, 7) is 4.19. The van der Waals surface area contributed by atoms with E-state index in [1.807, 2.05) is 12.1 Å². The second-order valence-electron chi connectivity index (χ2n) is 7.04. The lowest BCUT2D eigenvalue weighted by Crippen LogP contribution is -2.02. The Kier molecular flexibility index (Phi) is 5.31. The molecule has 0 N–H and O–H groups in total. The first-order valence-electron chi connectivity index (χ1n) is 9.19. The fraction of sp³-hybridized carbons (Fsp3) is 0.0800. The average molecular weight is 421 g/mol. The topological polar surface area (TPSA) is 26.3 Å². The van der Waals surface area contributed by atoms with Crippen molar-refractivity contribution in [3.8, 4) is 11.5 Å². The molecule has 0 saturated carbocycles. The zero-order valence-electron chi connectivity index (χ0n) is 16.0. The Morgan fingerprint density at radius 3 is 2.28 bits per heavy atom. The molecular formula is C25H18Cl2O2. The first-order chi connectivity index (χ1) is 13.9. The number of fused-ring (bicyclic) bond motifs is 1. The van der Waals surface area contributed by atoms with Crippen molar-refractivity contribution >= 4 is 39.8 Å². The molecule has 2 nitrogen and oxygen atoms in total. The molecule has 0 aliphatic rings. The van der Waals surface area contributed by atoms with E-state index in [2.05, 4.69) is 32.0 Å². The molecule has 0 spiro atoms. The molecule has 29 heavy (non-hydrogen) atoms. The number of ketones is 1. The number of rotatable bonds is 4. The summed E-state index contributed by atoms with van der Waals surface area (Å²) in [5.74, 6) is 1.23. The number of carbonyl (C=O) groups excluding carboxylic acids is 1. The van der Waals surface area contributed by atoms with Gasteiger partial charge < -0.3 is 4.74 Å². The van der Waals surface area contributed by atoms with Gasteiger partial charge >= 0.3 is 0 Å². The van der Waals surface area contributed by atoms with Crippen LogP contribution in [0.1, 0.15) is 27.0 Å². The Labute approximate surface area is 179 Å². The molecular weight excluding hydrogens is 403 g/mol. The molecule has 4 heteroatoms. The highest BCUT2D eigenvalue weighted by Crippen LogP contribution is 2.29. The van der Waals surface area contributed by atoms with Crippen molar-refractivity contribution in [3.63, 3.8) is 0 Å². The van der Waals surface area contributed by atoms with Crippen LogP contribution in [0.2, 0.25) is 10.0 Å². The van der Waals surface area contributed by atoms with E-state index in [1.54, 1.807) is 42.5 Å². The molecule has 0 bridgehead atoms. The van der Waals surface area contributed by atoms with E-state index in [0.717, 1.165) is 11.1 Å². The second-order valence-corrected chi connectivity index (χ2v) is 7.89. The quantitative estimate of drug-likeness (QED) is 0.315. The van der Waals surface area contributed by atoms with Crippen LogP contribution in [-0.4, -0.2) is 5.78 Å². The highest BCUT2D eigenvalue weighted by atomic mass is 35.5. The smallest absolute Gasteiger partial charge is 0.194 e. The summed E-state index contributed by atoms with van der Waals surface area (Å²) in [4.78, 5) is 12.7. The van der Waals surface area contributed by atoms with Gasteiger partial charge in [0.2, 0.25) is 0 Å². The summed E-state index contributed by atoms with van der Waals surface area (Å²) in [6, 6.07) is 22.2. The molecule has 0 saturated heterocycles. The van der Waals surface area contributed by atoms with Gasteiger partial charge in [-0.15, -0.1) is 0 Å². The molecule has 4 aromatic carbocycles. The van der Waals surface area contributed by atoms with Gasteiger partial charge in [0.15, 0.2) is 5.78 Å². The largest absolute Gasteiger partial charge is 0.457 e. The van der Waals surface area contributed by atoms with Crippen LogP contribution in [0.4, 0.5) is 0 Å². The lowest BCUT2D eigenvalue weighted by atomic mass is 10.0. The number of carbonyl (C=O) groups is 1. The van der Waals surface area contributed by atoms with Crippen LogP contribution in [0, 0.1) is 13.8 Å². The van der Waals surface area contributed by atoms with Gasteiger partial charge in [0, 0.05) is 16.1 Å². The Hall–Kier alpha value is -2.81. The Morgan fingerprint density at radius 2 is 1.52 bits per heavy atom. The predicted molar refractivity (Wildman–Crippen MR) is 120 cm³/mol. The van der Waals surface area contributed by atoms with E-state index in [4.69, 9.17) is 27.9 Å². The van der Waals surface area contributed by atoms with Gasteiger partial charge in [-0.05, 0) is 84.8 Å². The van der Waals surface area contributed by atoms with E-state index in [0.29, 0.717) is 26.9 Å². The minimum atomic E-state index is -0.180. The van der Waals surface area contributed by atoms with Gasteiger partial charge in [0.05, 0.1) is 5.02 Å². The maximum Gasteiger partial charge on any atom is 0.194 e. The Morgan fingerprint density at radius 1 is 0.793 bits per heavy atom. The highest BCUT2D eigenvalue weighted by molar-refractivity contribution is 6.36. The van der Waals surface area contributed by atoms with Crippen molar-refractivity contribution in [2.24, 2.45) is 0 Å². The lowest BCUT2D eigenvalue weighted by Gasteiger charge is -2.10. The molecule has 0 atom stereocenters. The summed E-state index contributed by atoms with van der Waals surface area (Å²) in [6.07, 6.45) is 0. The average Bonchev–Trinajstić information content (AvgIpc) is 2.70. The summed E-state index contributed by atoms with van der Waals surface area (Å²) >= 11 is 12.1. The van der Waals surface area contributed by atoms with Crippen LogP contribution in [-0.2, 0) is 0 Å². The van der Waals surface area contributed by atoms with Crippen LogP contribution >= 0.6 is 23.2 Å². The maximum atomic E-state index is 12.7. The lowest BCUT2D eigenvalue weighted by molar-refractivity contribution is 0.103. The number of aryl methyl sites for hydroxylation is 2. The van der Waals surface area contributed by atoms with Crippen LogP contribution < -0.4 is 4.74 Å². The third kappa shape index (κ3) is 4.14. The van der Waals surface area contributed by atoms with Crippen LogP contribution in [0.15, 0.2) is 72.8 Å². The minimum absolute atomic E-state index is 0.180. The highest BCUT2D eigenvalue weighted by Gasteiger charge is 2.14. The van der Waals surface area contributed by atoms with Gasteiger partial charge in [-0.25, -0.2) is 0 Å². The molecule has 144 valence electrons. The van der Waals surface area contributed by atoms with Gasteiger partial charge in [-0.3, -0.25) is 4.79 Å². The third-order valence-corrected chi connectivity index (χ3v) is 5.37. The predicted octanol–water partition coefficient (Wildman–Crippen LogP) is 7.79. The van der Waals surface area contributed by atoms with Crippen LogP contribution in [0.5, 0.6) is 11.5 Å². The van der Waals surface area contributed by atoms with Gasteiger partial charge in [0.25, 0.3) is 0 Å². The van der Waals surface area contributed by atoms with Crippen molar-refractivity contribution in [2.75, 3.05) is 0 Å². The molecule has 4 aromatic rings. The second kappa shape index (κ2) is 7.90. The van der Waals surface area contributed by atoms with E-state index in [1.165, 1.54) is 16.5 Å². The van der Waals surface area contributed by atoms with Crippen molar-refractivity contribution in [1.82, 2.24) is 0 Å². The molecule has 0 aliphatic carbocycles. The first kappa shape index (κ1) is 19.5. The summed E-state index contributed by atoms with van der Waals surface area (Å²) in [5.41, 5.74) is 3.35. The summed E-state index contributed by atoms with van der Waals surface area (Å²) < 4.78 is 6.00. The standard InChI is InChI=1S/C25H18Cl2O2/c1-15-11-16(2)22-14-21(9-5-18(22)12-15)29-20-7-3-17(4-8-20)25(28)23-13-19(26)6-10-24(23)27/h3-14H,1-2H3. The summed E-state index contributed by atoms with van der Waals surface area (Å²) in [5, 5.41) is 3.20. The van der Waals surface area contributed by atoms with Crippen molar-refractivity contribution < 1.29 is 9.53 Å². The molecule has 0 aromatic heterocycles. The minimum Gasteiger partial charge on any atom is -0.457 e. The molecule has 0 radical (unpaired) electrons. The van der Waals surface area contributed by atoms with Gasteiger partial charge in [-0.2, -0.15) is 0 Å². The molecule has 0 heterocycles. The van der Waals surface area contributed by atoms with Crippen LogP contribution in [0.3, 0.4) is 0 Å². The molecule has 0 amide bonds. The van der Waals surface area contributed by atoms with E-state index >= 15 is 0 Å². The van der Waals surface area contributed by atoms with E-state index in [-0.39, 0.29) is 5.78 Å². The molecule has 4 rings (SSSR count). The molecule has 0 fully saturated rings. The third-order valence-electron chi connectivity index (χ3n) is 4.80. The van der Waals surface area contributed by atoms with Gasteiger partial charge in [-0.1, -0.05) is 47.0 Å². The number of benzene rings is 4. The fourth-order valence-corrected chi connectivity index (χ4v) is 3.79. The number of hydrogen-bond donors (Lipinski definition) is 0. The van der Waals surface area contributed by atoms with E-state index < -0.39 is 0 Å². The number of halogens is 2. The monoisotopic (exact) mass is 420 g/mol. The SMILES string of the molecule is Cc1cc(C)c2cc(Oc3ccc(C(=O)c4cc(Cl)ccc4Cl)cc3)ccc2c1. The van der Waals surface area contributed by atoms with Crippen LogP contribution in [0.25, 0.3) is 10.8 Å². The van der Waals surface area contributed by atoms with Crippen molar-refractivity contribution in [1.29, 1.82) is 0 Å². The zero-order chi connectivity index (χ0) is 20.5. The maximum absolute atomic E-state index is 12.7. The summed E-state index contributed by atoms with van der Waals surface area (Å²) in [7, 11) is 0. The number of hydrogen-bond acceptors (Lipinski definition) is 2. The number of ether oxygens (including phenoxy) is 1. The first-order valence-corrected chi connectivity index (χ1v) is 9.95. The van der Waals surface area contributed by atoms with Crippen molar-refractivity contribution in [3.05, 3.63) is 105 Å². The van der Waals surface area contributed by atoms with Crippen molar-refractivity contribution in [2.45, 2.75) is 13.8 Å². The molecule has 0 aliphatic heterocycles. The Balaban J connectivity index is 1.58. The Bertz CT molecular complexity index is 1230. The van der Waals surface area contributed by atoms with E-state index in [9.17, 15) is 4.79 Å². The van der Waals surface area contributed by atoms with Gasteiger partial charge in [0.1, 0.15) is 11.5 Å². The molecule has 0 unspecified atom stereocenters. The fourth-order valence-electron chi connectivity index (χ4n) is 3.41.